The number of nitrogens with zero attached hydrogens (tertiary/aromatic N) is 1. The average Bonchev–Trinajstić information content (AvgIpc) is 2.26. The van der Waals surface area contributed by atoms with Crippen molar-refractivity contribution in [3.63, 3.8) is 0 Å². The Labute approximate surface area is 86.8 Å². The van der Waals surface area contributed by atoms with Crippen LogP contribution in [0.5, 0.6) is 5.75 Å². The van der Waals surface area contributed by atoms with Crippen LogP contribution in [0.4, 0.5) is 5.69 Å². The predicted octanol–water partition coefficient (Wildman–Crippen LogP) is 1.91. The maximum Gasteiger partial charge on any atom is 0.310 e. The fourth-order valence-corrected chi connectivity index (χ4v) is 1.21. The van der Waals surface area contributed by atoms with E-state index in [1.807, 2.05) is 0 Å². The zero-order valence-electron chi connectivity index (χ0n) is 8.47. The molecule has 0 spiro atoms. The number of methoxy groups -OCH3 is 1. The summed E-state index contributed by atoms with van der Waals surface area (Å²) in [6.07, 6.45) is 0.778. The number of rotatable bonds is 4. The molecule has 1 atom stereocenters. The molecule has 0 aliphatic carbocycles. The van der Waals surface area contributed by atoms with Crippen molar-refractivity contribution >= 4 is 12.0 Å². The van der Waals surface area contributed by atoms with Crippen molar-refractivity contribution < 1.29 is 14.5 Å². The average molecular weight is 209 g/mol. The lowest BCUT2D eigenvalue weighted by molar-refractivity contribution is -0.385. The zero-order chi connectivity index (χ0) is 11.4. The van der Waals surface area contributed by atoms with Crippen LogP contribution in [0.15, 0.2) is 18.2 Å². The molecule has 0 bridgehead atoms. The summed E-state index contributed by atoms with van der Waals surface area (Å²) in [5, 5.41) is 10.6. The summed E-state index contributed by atoms with van der Waals surface area (Å²) in [4.78, 5) is 20.6. The Hall–Kier alpha value is -1.91. The van der Waals surface area contributed by atoms with Gasteiger partial charge in [0.25, 0.3) is 0 Å². The molecular formula is C10H11NO4. The minimum atomic E-state index is -0.520. The highest BCUT2D eigenvalue weighted by Crippen LogP contribution is 2.29. The molecule has 80 valence electrons. The number of ether oxygens (including phenoxy) is 1. The van der Waals surface area contributed by atoms with E-state index < -0.39 is 4.92 Å². The first-order valence-electron chi connectivity index (χ1n) is 4.37. The number of carbonyl (C=O) groups excluding carboxylic acids is 1. The largest absolute Gasteiger partial charge is 0.490 e. The number of hydrogen-bond donors (Lipinski definition) is 0. The van der Waals surface area contributed by atoms with Crippen molar-refractivity contribution in [2.45, 2.75) is 12.8 Å². The van der Waals surface area contributed by atoms with Gasteiger partial charge in [0.05, 0.1) is 12.0 Å². The van der Waals surface area contributed by atoms with Crippen molar-refractivity contribution in [2.75, 3.05) is 7.11 Å². The smallest absolute Gasteiger partial charge is 0.310 e. The monoisotopic (exact) mass is 209 g/mol. The Morgan fingerprint density at radius 3 is 2.67 bits per heavy atom. The van der Waals surface area contributed by atoms with Crippen molar-refractivity contribution in [1.82, 2.24) is 0 Å². The third kappa shape index (κ3) is 2.31. The van der Waals surface area contributed by atoms with Gasteiger partial charge in [-0.25, -0.2) is 0 Å². The first-order chi connectivity index (χ1) is 7.10. The highest BCUT2D eigenvalue weighted by Gasteiger charge is 2.16. The second-order valence-corrected chi connectivity index (χ2v) is 3.11. The van der Waals surface area contributed by atoms with E-state index in [1.54, 1.807) is 13.0 Å². The molecule has 0 heterocycles. The molecule has 0 N–H and O–H groups in total. The number of carbonyl (C=O) groups is 1. The molecule has 0 fully saturated rings. The van der Waals surface area contributed by atoms with E-state index in [0.717, 1.165) is 6.29 Å². The summed E-state index contributed by atoms with van der Waals surface area (Å²) in [5.41, 5.74) is 0.604. The first kappa shape index (κ1) is 11.2. The standard InChI is InChI=1S/C10H11NO4/c1-7(6-12)8-3-4-9(11(13)14)10(5-8)15-2/h3-7H,1-2H3. The molecule has 0 radical (unpaired) electrons. The highest BCUT2D eigenvalue weighted by atomic mass is 16.6. The Morgan fingerprint density at radius 2 is 2.20 bits per heavy atom. The fraction of sp³-hybridized carbons (Fsp3) is 0.300. The quantitative estimate of drug-likeness (QED) is 0.431. The number of aldehydes is 1. The normalized spacial score (nSPS) is 11.9. The van der Waals surface area contributed by atoms with Crippen molar-refractivity contribution in [1.29, 1.82) is 0 Å². The van der Waals surface area contributed by atoms with Gasteiger partial charge in [-0.3, -0.25) is 10.1 Å². The van der Waals surface area contributed by atoms with Crippen molar-refractivity contribution in [3.8, 4) is 5.75 Å². The number of benzene rings is 1. The Balaban J connectivity index is 3.18. The van der Waals surface area contributed by atoms with E-state index in [1.165, 1.54) is 19.2 Å². The highest BCUT2D eigenvalue weighted by molar-refractivity contribution is 5.63. The van der Waals surface area contributed by atoms with Gasteiger partial charge in [-0.1, -0.05) is 13.0 Å². The Morgan fingerprint density at radius 1 is 1.53 bits per heavy atom. The van der Waals surface area contributed by atoms with E-state index in [-0.39, 0.29) is 17.4 Å². The van der Waals surface area contributed by atoms with E-state index >= 15 is 0 Å². The molecule has 5 heteroatoms. The molecule has 0 amide bonds. The topological polar surface area (TPSA) is 69.4 Å². The molecular weight excluding hydrogens is 198 g/mol. The lowest BCUT2D eigenvalue weighted by atomic mass is 10.0. The zero-order valence-corrected chi connectivity index (χ0v) is 8.47. The minimum absolute atomic E-state index is 0.0978. The van der Waals surface area contributed by atoms with E-state index in [4.69, 9.17) is 4.74 Å². The molecule has 1 unspecified atom stereocenters. The van der Waals surface area contributed by atoms with Crippen LogP contribution in [0.25, 0.3) is 0 Å². The maximum absolute atomic E-state index is 10.6. The summed E-state index contributed by atoms with van der Waals surface area (Å²) in [6, 6.07) is 4.41. The molecule has 0 aromatic heterocycles. The maximum atomic E-state index is 10.6. The van der Waals surface area contributed by atoms with Crippen molar-refractivity contribution in [3.05, 3.63) is 33.9 Å². The molecule has 0 aliphatic rings. The summed E-state index contributed by atoms with van der Waals surface area (Å²) in [5.74, 6) is -0.120. The molecule has 1 rings (SSSR count). The number of nitro groups is 1. The molecule has 1 aromatic rings. The lowest BCUT2D eigenvalue weighted by Gasteiger charge is -2.06. The minimum Gasteiger partial charge on any atom is -0.490 e. The summed E-state index contributed by atoms with van der Waals surface area (Å²) < 4.78 is 4.88. The van der Waals surface area contributed by atoms with E-state index in [2.05, 4.69) is 0 Å². The molecule has 0 saturated heterocycles. The van der Waals surface area contributed by atoms with Crippen LogP contribution >= 0.6 is 0 Å². The van der Waals surface area contributed by atoms with Gasteiger partial charge < -0.3 is 9.53 Å². The SMILES string of the molecule is COc1cc(C(C)C=O)ccc1[N+](=O)[O-]. The van der Waals surface area contributed by atoms with Gasteiger partial charge in [0.2, 0.25) is 0 Å². The van der Waals surface area contributed by atoms with Gasteiger partial charge in [-0.2, -0.15) is 0 Å². The molecule has 0 saturated carbocycles. The number of hydrogen-bond acceptors (Lipinski definition) is 4. The van der Waals surface area contributed by atoms with Crippen molar-refractivity contribution in [2.24, 2.45) is 0 Å². The predicted molar refractivity (Wildman–Crippen MR) is 54.1 cm³/mol. The van der Waals surface area contributed by atoms with E-state index in [9.17, 15) is 14.9 Å². The van der Waals surface area contributed by atoms with Gasteiger partial charge in [0, 0.05) is 12.0 Å². The molecule has 1 aromatic carbocycles. The first-order valence-corrected chi connectivity index (χ1v) is 4.37. The van der Waals surface area contributed by atoms with Crippen LogP contribution in [0.1, 0.15) is 18.4 Å². The van der Waals surface area contributed by atoms with E-state index in [0.29, 0.717) is 5.56 Å². The van der Waals surface area contributed by atoms with Gasteiger partial charge in [-0.05, 0) is 11.6 Å². The summed E-state index contributed by atoms with van der Waals surface area (Å²) >= 11 is 0. The summed E-state index contributed by atoms with van der Waals surface area (Å²) in [6.45, 7) is 1.72. The van der Waals surface area contributed by atoms with Crippen LogP contribution in [0.2, 0.25) is 0 Å². The van der Waals surface area contributed by atoms with Crippen LogP contribution in [0, 0.1) is 10.1 Å². The second-order valence-electron chi connectivity index (χ2n) is 3.11. The third-order valence-corrected chi connectivity index (χ3v) is 2.13. The Kier molecular flexibility index (Phi) is 3.38. The summed E-state index contributed by atoms with van der Waals surface area (Å²) in [7, 11) is 1.36. The van der Waals surface area contributed by atoms with Gasteiger partial charge >= 0.3 is 5.69 Å². The molecule has 5 nitrogen and oxygen atoms in total. The molecule has 0 aliphatic heterocycles. The Bertz CT molecular complexity index is 389. The fourth-order valence-electron chi connectivity index (χ4n) is 1.21. The third-order valence-electron chi connectivity index (χ3n) is 2.13. The molecule has 15 heavy (non-hydrogen) atoms. The van der Waals surface area contributed by atoms with Gasteiger partial charge in [0.15, 0.2) is 5.75 Å². The number of nitro benzene ring substituents is 1. The second kappa shape index (κ2) is 4.54. The van der Waals surface area contributed by atoms with Crippen LogP contribution in [-0.2, 0) is 4.79 Å². The van der Waals surface area contributed by atoms with Gasteiger partial charge in [0.1, 0.15) is 6.29 Å². The lowest BCUT2D eigenvalue weighted by Crippen LogP contribution is -1.98. The van der Waals surface area contributed by atoms with Crippen LogP contribution < -0.4 is 4.74 Å². The van der Waals surface area contributed by atoms with Gasteiger partial charge in [-0.15, -0.1) is 0 Å². The van der Waals surface area contributed by atoms with Crippen LogP contribution in [0.3, 0.4) is 0 Å². The van der Waals surface area contributed by atoms with Crippen LogP contribution in [-0.4, -0.2) is 18.3 Å².